The zero-order valence-corrected chi connectivity index (χ0v) is 11.6. The van der Waals surface area contributed by atoms with Crippen LogP contribution in [0.3, 0.4) is 0 Å². The number of hydrogen-bond donors (Lipinski definition) is 1. The fourth-order valence-electron chi connectivity index (χ4n) is 1.44. The molecule has 0 aromatic heterocycles. The Hall–Kier alpha value is -1.34. The highest BCUT2D eigenvalue weighted by Gasteiger charge is 2.29. The highest BCUT2D eigenvalue weighted by molar-refractivity contribution is 9.10. The summed E-state index contributed by atoms with van der Waals surface area (Å²) in [6, 6.07) is 1.33. The van der Waals surface area contributed by atoms with Crippen LogP contribution in [0.4, 0.5) is 4.39 Å². The van der Waals surface area contributed by atoms with Gasteiger partial charge in [-0.05, 0) is 15.9 Å². The normalized spacial score (nSPS) is 11.9. The number of carbonyl (C=O) groups excluding carboxylic acids is 1. The van der Waals surface area contributed by atoms with Crippen molar-refractivity contribution in [3.8, 4) is 11.5 Å². The molecule has 0 amide bonds. The smallest absolute Gasteiger partial charge is 0.339 e. The molecular weight excluding hydrogens is 311 g/mol. The third-order valence-corrected chi connectivity index (χ3v) is 2.87. The van der Waals surface area contributed by atoms with Crippen LogP contribution in [0.5, 0.6) is 11.5 Å². The van der Waals surface area contributed by atoms with E-state index in [0.29, 0.717) is 0 Å². The van der Waals surface area contributed by atoms with E-state index >= 15 is 0 Å². The highest BCUT2D eigenvalue weighted by atomic mass is 79.9. The van der Waals surface area contributed by atoms with Gasteiger partial charge >= 0.3 is 5.97 Å². The Balaban J connectivity index is 3.48. The minimum Gasteiger partial charge on any atom is -0.493 e. The molecule has 0 heterocycles. The van der Waals surface area contributed by atoms with Crippen molar-refractivity contribution in [2.24, 2.45) is 0 Å². The number of ether oxygens (including phenoxy) is 3. The Bertz CT molecular complexity index is 463. The molecular formula is C11H12BrFO5. The van der Waals surface area contributed by atoms with E-state index in [2.05, 4.69) is 20.7 Å². The van der Waals surface area contributed by atoms with Crippen LogP contribution in [-0.2, 0) is 9.53 Å². The first-order valence-electron chi connectivity index (χ1n) is 4.83. The SMILES string of the molecule is COC(=O)C(O)c1c(F)c(Br)cc(OC)c1OC. The largest absolute Gasteiger partial charge is 0.493 e. The monoisotopic (exact) mass is 322 g/mol. The lowest BCUT2D eigenvalue weighted by molar-refractivity contribution is -0.151. The van der Waals surface area contributed by atoms with Crippen molar-refractivity contribution < 1.29 is 28.5 Å². The molecule has 1 rings (SSSR count). The van der Waals surface area contributed by atoms with Crippen molar-refractivity contribution in [1.29, 1.82) is 0 Å². The standard InChI is InChI=1S/C11H12BrFO5/c1-16-6-4-5(12)8(13)7(10(6)17-2)9(14)11(15)18-3/h4,9,14H,1-3H3. The minimum absolute atomic E-state index is 0.0399. The first-order chi connectivity index (χ1) is 8.47. The van der Waals surface area contributed by atoms with Gasteiger partial charge in [0.15, 0.2) is 17.6 Å². The zero-order chi connectivity index (χ0) is 13.9. The Kier molecular flexibility index (Phi) is 4.92. The van der Waals surface area contributed by atoms with Crippen molar-refractivity contribution in [2.45, 2.75) is 6.10 Å². The fraction of sp³-hybridized carbons (Fsp3) is 0.364. The summed E-state index contributed by atoms with van der Waals surface area (Å²) in [7, 11) is 3.72. The van der Waals surface area contributed by atoms with E-state index in [4.69, 9.17) is 9.47 Å². The third-order valence-electron chi connectivity index (χ3n) is 2.29. The van der Waals surface area contributed by atoms with Crippen LogP contribution in [0.2, 0.25) is 0 Å². The molecule has 0 bridgehead atoms. The zero-order valence-electron chi connectivity index (χ0n) is 9.99. The van der Waals surface area contributed by atoms with Gasteiger partial charge in [0, 0.05) is 6.07 Å². The van der Waals surface area contributed by atoms with E-state index < -0.39 is 17.9 Å². The lowest BCUT2D eigenvalue weighted by Gasteiger charge is -2.17. The Morgan fingerprint density at radius 1 is 1.39 bits per heavy atom. The third kappa shape index (κ3) is 2.56. The van der Waals surface area contributed by atoms with Crippen molar-refractivity contribution in [2.75, 3.05) is 21.3 Å². The second-order valence-corrected chi connectivity index (χ2v) is 4.10. The van der Waals surface area contributed by atoms with Crippen LogP contribution < -0.4 is 9.47 Å². The van der Waals surface area contributed by atoms with Gasteiger partial charge in [0.05, 0.1) is 31.4 Å². The van der Waals surface area contributed by atoms with Gasteiger partial charge in [-0.25, -0.2) is 9.18 Å². The van der Waals surface area contributed by atoms with Crippen LogP contribution in [0.25, 0.3) is 0 Å². The quantitative estimate of drug-likeness (QED) is 0.856. The molecule has 18 heavy (non-hydrogen) atoms. The van der Waals surface area contributed by atoms with Crippen LogP contribution >= 0.6 is 15.9 Å². The average molecular weight is 323 g/mol. The molecule has 0 aliphatic heterocycles. The van der Waals surface area contributed by atoms with Gasteiger partial charge in [-0.1, -0.05) is 0 Å². The van der Waals surface area contributed by atoms with Crippen LogP contribution in [0.1, 0.15) is 11.7 Å². The van der Waals surface area contributed by atoms with E-state index in [1.54, 1.807) is 0 Å². The Labute approximate surface area is 112 Å². The van der Waals surface area contributed by atoms with Gasteiger partial charge < -0.3 is 19.3 Å². The molecule has 1 N–H and O–H groups in total. The van der Waals surface area contributed by atoms with Gasteiger partial charge in [-0.2, -0.15) is 0 Å². The number of aliphatic hydroxyl groups is 1. The maximum Gasteiger partial charge on any atom is 0.339 e. The first kappa shape index (κ1) is 14.7. The summed E-state index contributed by atoms with van der Waals surface area (Å²) < 4.78 is 28.3. The van der Waals surface area contributed by atoms with Crippen LogP contribution in [0.15, 0.2) is 10.5 Å². The first-order valence-corrected chi connectivity index (χ1v) is 5.63. The second kappa shape index (κ2) is 6.01. The summed E-state index contributed by atoms with van der Waals surface area (Å²) in [5.41, 5.74) is -0.337. The molecule has 1 unspecified atom stereocenters. The molecule has 0 saturated carbocycles. The van der Waals surface area contributed by atoms with Gasteiger partial charge in [0.1, 0.15) is 5.82 Å². The molecule has 7 heteroatoms. The highest BCUT2D eigenvalue weighted by Crippen LogP contribution is 2.40. The molecule has 1 atom stereocenters. The summed E-state index contributed by atoms with van der Waals surface area (Å²) >= 11 is 2.97. The van der Waals surface area contributed by atoms with Gasteiger partial charge in [0.25, 0.3) is 0 Å². The fourth-order valence-corrected chi connectivity index (χ4v) is 1.86. The van der Waals surface area contributed by atoms with Gasteiger partial charge in [-0.3, -0.25) is 0 Å². The van der Waals surface area contributed by atoms with Crippen LogP contribution in [0, 0.1) is 5.82 Å². The van der Waals surface area contributed by atoms with Crippen molar-refractivity contribution >= 4 is 21.9 Å². The molecule has 0 aliphatic rings. The Morgan fingerprint density at radius 2 is 2.00 bits per heavy atom. The summed E-state index contributed by atoms with van der Waals surface area (Å²) in [6.45, 7) is 0. The molecule has 0 fully saturated rings. The molecule has 0 radical (unpaired) electrons. The number of methoxy groups -OCH3 is 3. The number of rotatable bonds is 4. The average Bonchev–Trinajstić information content (AvgIpc) is 2.39. The van der Waals surface area contributed by atoms with E-state index in [1.165, 1.54) is 20.3 Å². The summed E-state index contributed by atoms with van der Waals surface area (Å²) in [4.78, 5) is 11.3. The van der Waals surface area contributed by atoms with E-state index in [0.717, 1.165) is 7.11 Å². The maximum atomic E-state index is 14.0. The lowest BCUT2D eigenvalue weighted by Crippen LogP contribution is -2.16. The summed E-state index contributed by atoms with van der Waals surface area (Å²) in [5, 5.41) is 9.76. The van der Waals surface area contributed by atoms with E-state index in [9.17, 15) is 14.3 Å². The lowest BCUT2D eigenvalue weighted by atomic mass is 10.1. The van der Waals surface area contributed by atoms with Crippen molar-refractivity contribution in [3.63, 3.8) is 0 Å². The Morgan fingerprint density at radius 3 is 2.44 bits per heavy atom. The van der Waals surface area contributed by atoms with Gasteiger partial charge in [-0.15, -0.1) is 0 Å². The topological polar surface area (TPSA) is 65.0 Å². The minimum atomic E-state index is -1.80. The maximum absolute atomic E-state index is 14.0. The number of benzene rings is 1. The van der Waals surface area contributed by atoms with E-state index in [1.807, 2.05) is 0 Å². The van der Waals surface area contributed by atoms with Crippen LogP contribution in [-0.4, -0.2) is 32.4 Å². The molecule has 0 aliphatic carbocycles. The van der Waals surface area contributed by atoms with E-state index in [-0.39, 0.29) is 21.5 Å². The van der Waals surface area contributed by atoms with Gasteiger partial charge in [0.2, 0.25) is 0 Å². The molecule has 1 aromatic rings. The number of esters is 1. The van der Waals surface area contributed by atoms with Crippen molar-refractivity contribution in [1.82, 2.24) is 0 Å². The molecule has 5 nitrogen and oxygen atoms in total. The molecule has 1 aromatic carbocycles. The predicted octanol–water partition coefficient (Wildman–Crippen LogP) is 1.81. The van der Waals surface area contributed by atoms with Crippen molar-refractivity contribution in [3.05, 3.63) is 21.9 Å². The number of carbonyl (C=O) groups is 1. The number of halogens is 2. The number of hydrogen-bond acceptors (Lipinski definition) is 5. The summed E-state index contributed by atoms with van der Waals surface area (Å²) in [5.74, 6) is -1.68. The summed E-state index contributed by atoms with van der Waals surface area (Å²) in [6.07, 6.45) is -1.80. The number of aliphatic hydroxyl groups excluding tert-OH is 1. The molecule has 100 valence electrons. The predicted molar refractivity (Wildman–Crippen MR) is 64.2 cm³/mol. The molecule has 0 spiro atoms. The second-order valence-electron chi connectivity index (χ2n) is 3.25. The molecule has 0 saturated heterocycles.